The van der Waals surface area contributed by atoms with Crippen molar-refractivity contribution >= 4 is 6.54 Å². The molecule has 0 fully saturated rings. The summed E-state index contributed by atoms with van der Waals surface area (Å²) in [6.07, 6.45) is 2.15. The molecule has 0 atom stereocenters. The fraction of sp³-hybridized carbons (Fsp3) is 0.455. The number of rotatable bonds is 2. The van der Waals surface area contributed by atoms with Crippen LogP contribution in [0.1, 0.15) is 139 Å². The molecule has 0 aliphatic heterocycles. The second-order valence-electron chi connectivity index (χ2n) is 18.2. The fourth-order valence-electron chi connectivity index (χ4n) is 7.75. The third kappa shape index (κ3) is 5.69. The molecule has 0 heterocycles. The second kappa shape index (κ2) is 10.6. The zero-order chi connectivity index (χ0) is 33.0. The van der Waals surface area contributed by atoms with Crippen molar-refractivity contribution in [2.75, 3.05) is 0 Å². The van der Waals surface area contributed by atoms with Gasteiger partial charge >= 0.3 is 288 Å². The SMILES string of the molecule is Cc1cc(C(C)(C)C)[c]([Zr][c]2c(C(C)(C)C)cc(C)c3c2Cc2cc(C(C)(C)C)ccc2-3)c2c1-c1ccc(C(C)(C)C)cc1C2. The number of aryl methyl sites for hydroxylation is 2. The first kappa shape index (κ1) is 32.7. The molecule has 1 heteroatoms. The Balaban J connectivity index is 1.59. The maximum atomic E-state index is 2.58. The van der Waals surface area contributed by atoms with Crippen molar-refractivity contribution in [2.45, 2.75) is 131 Å². The minimum absolute atomic E-state index is 0.0989. The van der Waals surface area contributed by atoms with Gasteiger partial charge in [0.05, 0.1) is 0 Å². The Hall–Kier alpha value is -2.24. The predicted molar refractivity (Wildman–Crippen MR) is 193 cm³/mol. The molecule has 0 saturated heterocycles. The molecule has 0 radical (unpaired) electrons. The Morgan fingerprint density at radius 2 is 0.822 bits per heavy atom. The van der Waals surface area contributed by atoms with Crippen LogP contribution in [0.5, 0.6) is 0 Å². The second-order valence-corrected chi connectivity index (χ2v) is 21.2. The summed E-state index contributed by atoms with van der Waals surface area (Å²) >= 11 is -1.24. The molecule has 0 saturated carbocycles. The van der Waals surface area contributed by atoms with E-state index in [0.717, 1.165) is 12.8 Å². The van der Waals surface area contributed by atoms with E-state index in [4.69, 9.17) is 0 Å². The first-order chi connectivity index (χ1) is 20.7. The van der Waals surface area contributed by atoms with Crippen LogP contribution in [0.4, 0.5) is 0 Å². The molecule has 0 nitrogen and oxygen atoms in total. The Labute approximate surface area is 286 Å². The summed E-state index contributed by atoms with van der Waals surface area (Å²) in [6, 6.07) is 19.9. The Morgan fingerprint density at radius 1 is 0.467 bits per heavy atom. The summed E-state index contributed by atoms with van der Waals surface area (Å²) in [6.45, 7) is 33.4. The average molecular weight is 674 g/mol. The third-order valence-electron chi connectivity index (χ3n) is 10.3. The molecule has 0 amide bonds. The fourth-order valence-corrected chi connectivity index (χ4v) is 13.0. The average Bonchev–Trinajstić information content (AvgIpc) is 3.48. The van der Waals surface area contributed by atoms with Crippen LogP contribution in [0.3, 0.4) is 0 Å². The van der Waals surface area contributed by atoms with E-state index >= 15 is 0 Å². The molecule has 234 valence electrons. The van der Waals surface area contributed by atoms with Crippen LogP contribution >= 0.6 is 0 Å². The molecular formula is C44H54Zr. The number of benzene rings is 4. The molecule has 2 aliphatic rings. The van der Waals surface area contributed by atoms with Crippen LogP contribution in [-0.4, -0.2) is 0 Å². The number of fused-ring (bicyclic) bond motifs is 6. The van der Waals surface area contributed by atoms with E-state index in [-0.39, 0.29) is 21.7 Å². The van der Waals surface area contributed by atoms with Crippen molar-refractivity contribution in [2.24, 2.45) is 0 Å². The van der Waals surface area contributed by atoms with Crippen LogP contribution in [0.25, 0.3) is 22.3 Å². The van der Waals surface area contributed by atoms with Gasteiger partial charge in [-0.25, -0.2) is 0 Å². The first-order valence-corrected chi connectivity index (χ1v) is 19.5. The van der Waals surface area contributed by atoms with Gasteiger partial charge in [0.2, 0.25) is 0 Å². The van der Waals surface area contributed by atoms with Gasteiger partial charge in [0.1, 0.15) is 0 Å². The molecule has 0 aromatic heterocycles. The standard InChI is InChI=1S/2C22H27.Zr/c2*1-14-10-18(22(5,6)7)13-16-11-15-12-17(21(2,3)4)8-9-19(15)20(14)16;/h2*8-10,12H,11H2,1-7H3;. The van der Waals surface area contributed by atoms with E-state index in [1.165, 1.54) is 55.6 Å². The van der Waals surface area contributed by atoms with Gasteiger partial charge in [-0.05, 0) is 0 Å². The van der Waals surface area contributed by atoms with E-state index < -0.39 is 23.2 Å². The van der Waals surface area contributed by atoms with Crippen molar-refractivity contribution in [3.05, 3.63) is 104 Å². The summed E-state index contributed by atoms with van der Waals surface area (Å²) < 4.78 is 3.48. The van der Waals surface area contributed by atoms with Gasteiger partial charge in [0.15, 0.2) is 0 Å². The van der Waals surface area contributed by atoms with Crippen molar-refractivity contribution < 1.29 is 23.2 Å². The molecular weight excluding hydrogens is 620 g/mol. The molecule has 0 N–H and O–H groups in total. The molecule has 45 heavy (non-hydrogen) atoms. The molecule has 6 rings (SSSR count). The normalized spacial score (nSPS) is 14.3. The van der Waals surface area contributed by atoms with Gasteiger partial charge in [-0.2, -0.15) is 0 Å². The van der Waals surface area contributed by atoms with E-state index in [1.807, 2.05) is 0 Å². The third-order valence-corrected chi connectivity index (χ3v) is 14.4. The van der Waals surface area contributed by atoms with Gasteiger partial charge in [0, 0.05) is 0 Å². The minimum atomic E-state index is -1.24. The monoisotopic (exact) mass is 672 g/mol. The van der Waals surface area contributed by atoms with Crippen LogP contribution in [0, 0.1) is 13.8 Å². The molecule has 4 aromatic rings. The number of hydrogen-bond donors (Lipinski definition) is 0. The molecule has 0 unspecified atom stereocenters. The summed E-state index contributed by atoms with van der Waals surface area (Å²) in [5.74, 6) is 0. The summed E-state index contributed by atoms with van der Waals surface area (Å²) in [7, 11) is 0. The van der Waals surface area contributed by atoms with E-state index in [1.54, 1.807) is 28.8 Å². The summed E-state index contributed by atoms with van der Waals surface area (Å²) in [5, 5.41) is 0. The first-order valence-electron chi connectivity index (χ1n) is 17.0. The van der Waals surface area contributed by atoms with E-state index in [2.05, 4.69) is 145 Å². The molecule has 4 aromatic carbocycles. The molecule has 0 bridgehead atoms. The molecule has 2 aliphatic carbocycles. The van der Waals surface area contributed by atoms with Gasteiger partial charge < -0.3 is 0 Å². The zero-order valence-electron chi connectivity index (χ0n) is 30.5. The van der Waals surface area contributed by atoms with Crippen LogP contribution in [-0.2, 0) is 57.7 Å². The topological polar surface area (TPSA) is 0 Å². The quantitative estimate of drug-likeness (QED) is 0.172. The Morgan fingerprint density at radius 3 is 1.13 bits per heavy atom. The van der Waals surface area contributed by atoms with Crippen molar-refractivity contribution in [1.82, 2.24) is 0 Å². The number of hydrogen-bond acceptors (Lipinski definition) is 0. The Kier molecular flexibility index (Phi) is 7.73. The predicted octanol–water partition coefficient (Wildman–Crippen LogP) is 10.7. The van der Waals surface area contributed by atoms with E-state index in [9.17, 15) is 0 Å². The van der Waals surface area contributed by atoms with Gasteiger partial charge in [0.25, 0.3) is 0 Å². The van der Waals surface area contributed by atoms with E-state index in [0.29, 0.717) is 0 Å². The maximum absolute atomic E-state index is 2.58. The van der Waals surface area contributed by atoms with Crippen LogP contribution < -0.4 is 6.54 Å². The van der Waals surface area contributed by atoms with Gasteiger partial charge in [-0.15, -0.1) is 0 Å². The van der Waals surface area contributed by atoms with Gasteiger partial charge in [-0.3, -0.25) is 0 Å². The van der Waals surface area contributed by atoms with Crippen LogP contribution in [0.2, 0.25) is 0 Å². The molecule has 0 spiro atoms. The van der Waals surface area contributed by atoms with Gasteiger partial charge in [-0.1, -0.05) is 0 Å². The zero-order valence-corrected chi connectivity index (χ0v) is 33.0. The van der Waals surface area contributed by atoms with Crippen molar-refractivity contribution in [3.63, 3.8) is 0 Å². The van der Waals surface area contributed by atoms with Crippen molar-refractivity contribution in [1.29, 1.82) is 0 Å². The summed E-state index contributed by atoms with van der Waals surface area (Å²) in [4.78, 5) is 0. The summed E-state index contributed by atoms with van der Waals surface area (Å²) in [5.41, 5.74) is 21.9. The van der Waals surface area contributed by atoms with Crippen molar-refractivity contribution in [3.8, 4) is 22.3 Å². The Bertz CT molecular complexity index is 1720. The van der Waals surface area contributed by atoms with Crippen LogP contribution in [0.15, 0.2) is 48.5 Å².